The minimum Gasteiger partial charge on any atom is -0.461 e. The number of hydrogen-bond donors (Lipinski definition) is 1. The summed E-state index contributed by atoms with van der Waals surface area (Å²) in [5, 5.41) is 1.14. The van der Waals surface area contributed by atoms with E-state index in [9.17, 15) is 0 Å². The van der Waals surface area contributed by atoms with Gasteiger partial charge in [-0.15, -0.1) is 24.0 Å². The standard InChI is InChI=1S/C15H21N3O.HI/c1-3-18(4-2)15(16)17-10-9-13-11-12-7-5-6-8-14(12)19-13;/h5-8,11H,3-4,9-10H2,1-2H3,(H2,16,17);1H. The fourth-order valence-corrected chi connectivity index (χ4v) is 2.09. The minimum atomic E-state index is 0. The van der Waals surface area contributed by atoms with Crippen molar-refractivity contribution in [1.29, 1.82) is 0 Å². The van der Waals surface area contributed by atoms with Crippen LogP contribution < -0.4 is 5.73 Å². The van der Waals surface area contributed by atoms with Gasteiger partial charge in [-0.1, -0.05) is 18.2 Å². The second kappa shape index (κ2) is 8.14. The summed E-state index contributed by atoms with van der Waals surface area (Å²) in [4.78, 5) is 6.43. The van der Waals surface area contributed by atoms with Crippen LogP contribution in [0.3, 0.4) is 0 Å². The van der Waals surface area contributed by atoms with Gasteiger partial charge in [0.1, 0.15) is 11.3 Å². The molecule has 1 aromatic carbocycles. The molecular formula is C15H22IN3O. The Morgan fingerprint density at radius 2 is 1.95 bits per heavy atom. The zero-order valence-corrected chi connectivity index (χ0v) is 14.3. The molecule has 0 fully saturated rings. The van der Waals surface area contributed by atoms with Gasteiger partial charge in [-0.25, -0.2) is 0 Å². The van der Waals surface area contributed by atoms with Crippen LogP contribution in [-0.4, -0.2) is 30.5 Å². The molecule has 4 nitrogen and oxygen atoms in total. The van der Waals surface area contributed by atoms with Crippen LogP contribution >= 0.6 is 24.0 Å². The molecule has 0 saturated heterocycles. The van der Waals surface area contributed by atoms with Crippen LogP contribution in [0, 0.1) is 0 Å². The zero-order chi connectivity index (χ0) is 13.7. The summed E-state index contributed by atoms with van der Waals surface area (Å²) in [5.41, 5.74) is 6.85. The molecule has 0 amide bonds. The van der Waals surface area contributed by atoms with Crippen LogP contribution in [0.4, 0.5) is 0 Å². The normalized spacial score (nSPS) is 11.4. The Morgan fingerprint density at radius 1 is 1.25 bits per heavy atom. The average Bonchev–Trinajstić information content (AvgIpc) is 2.82. The third-order valence-electron chi connectivity index (χ3n) is 3.20. The lowest BCUT2D eigenvalue weighted by molar-refractivity contribution is 0.457. The first-order valence-electron chi connectivity index (χ1n) is 6.77. The molecule has 5 heteroatoms. The van der Waals surface area contributed by atoms with Crippen LogP contribution in [0.1, 0.15) is 19.6 Å². The summed E-state index contributed by atoms with van der Waals surface area (Å²) in [7, 11) is 0. The molecule has 0 aliphatic carbocycles. The molecule has 0 saturated carbocycles. The summed E-state index contributed by atoms with van der Waals surface area (Å²) in [6.45, 7) is 6.57. The molecule has 0 unspecified atom stereocenters. The number of fused-ring (bicyclic) bond motifs is 1. The first-order chi connectivity index (χ1) is 9.24. The van der Waals surface area contributed by atoms with Gasteiger partial charge in [0.05, 0.1) is 0 Å². The molecule has 20 heavy (non-hydrogen) atoms. The number of rotatable bonds is 5. The number of guanidine groups is 1. The van der Waals surface area contributed by atoms with Crippen molar-refractivity contribution in [2.75, 3.05) is 19.6 Å². The number of nitrogens with zero attached hydrogens (tertiary/aromatic N) is 2. The van der Waals surface area contributed by atoms with Crippen molar-refractivity contribution in [1.82, 2.24) is 4.90 Å². The Bertz CT molecular complexity index is 528. The van der Waals surface area contributed by atoms with Gasteiger partial charge in [0.25, 0.3) is 0 Å². The van der Waals surface area contributed by atoms with Crippen LogP contribution in [0.2, 0.25) is 0 Å². The number of benzene rings is 1. The fourth-order valence-electron chi connectivity index (χ4n) is 2.09. The van der Waals surface area contributed by atoms with Gasteiger partial charge in [0.15, 0.2) is 5.96 Å². The molecule has 1 aromatic heterocycles. The third-order valence-corrected chi connectivity index (χ3v) is 3.20. The first-order valence-corrected chi connectivity index (χ1v) is 6.77. The molecule has 0 radical (unpaired) electrons. The molecule has 0 aliphatic rings. The molecule has 0 aliphatic heterocycles. The maximum absolute atomic E-state index is 5.92. The van der Waals surface area contributed by atoms with Crippen molar-refractivity contribution in [3.63, 3.8) is 0 Å². The van der Waals surface area contributed by atoms with Crippen LogP contribution in [0.5, 0.6) is 0 Å². The number of halogens is 1. The first kappa shape index (κ1) is 16.8. The highest BCUT2D eigenvalue weighted by Crippen LogP contribution is 2.18. The van der Waals surface area contributed by atoms with Gasteiger partial charge < -0.3 is 15.1 Å². The fraction of sp³-hybridized carbons (Fsp3) is 0.400. The number of furan rings is 1. The van der Waals surface area contributed by atoms with Crippen LogP contribution in [0.15, 0.2) is 39.7 Å². The number of hydrogen-bond acceptors (Lipinski definition) is 2. The second-order valence-electron chi connectivity index (χ2n) is 4.41. The smallest absolute Gasteiger partial charge is 0.191 e. The highest BCUT2D eigenvalue weighted by atomic mass is 127. The number of nitrogens with two attached hydrogens (primary N) is 1. The van der Waals surface area contributed by atoms with Crippen molar-refractivity contribution >= 4 is 40.9 Å². The van der Waals surface area contributed by atoms with Gasteiger partial charge in [-0.05, 0) is 26.0 Å². The Morgan fingerprint density at radius 3 is 2.60 bits per heavy atom. The lowest BCUT2D eigenvalue weighted by Gasteiger charge is -2.19. The SMILES string of the molecule is CCN(CC)C(N)=NCCc1cc2ccccc2o1.I. The van der Waals surface area contributed by atoms with E-state index in [1.165, 1.54) is 0 Å². The zero-order valence-electron chi connectivity index (χ0n) is 12.0. The summed E-state index contributed by atoms with van der Waals surface area (Å²) < 4.78 is 5.74. The highest BCUT2D eigenvalue weighted by molar-refractivity contribution is 14.0. The summed E-state index contributed by atoms with van der Waals surface area (Å²) in [6, 6.07) is 10.1. The molecule has 2 aromatic rings. The molecule has 110 valence electrons. The molecule has 1 heterocycles. The Balaban J connectivity index is 0.00000200. The quantitative estimate of drug-likeness (QED) is 0.487. The van der Waals surface area contributed by atoms with Crippen LogP contribution in [0.25, 0.3) is 11.0 Å². The van der Waals surface area contributed by atoms with Gasteiger partial charge in [0, 0.05) is 31.4 Å². The maximum Gasteiger partial charge on any atom is 0.191 e. The second-order valence-corrected chi connectivity index (χ2v) is 4.41. The van der Waals surface area contributed by atoms with E-state index in [2.05, 4.69) is 31.0 Å². The topological polar surface area (TPSA) is 54.8 Å². The molecule has 2 N–H and O–H groups in total. The van der Waals surface area contributed by atoms with Crippen molar-refractivity contribution in [2.45, 2.75) is 20.3 Å². The largest absolute Gasteiger partial charge is 0.461 e. The monoisotopic (exact) mass is 387 g/mol. The molecule has 2 rings (SSSR count). The highest BCUT2D eigenvalue weighted by Gasteiger charge is 2.04. The summed E-state index contributed by atoms with van der Waals surface area (Å²) in [6.07, 6.45) is 0.774. The van der Waals surface area contributed by atoms with Gasteiger partial charge in [-0.3, -0.25) is 4.99 Å². The van der Waals surface area contributed by atoms with Crippen molar-refractivity contribution in [2.24, 2.45) is 10.7 Å². The van der Waals surface area contributed by atoms with Crippen LogP contribution in [-0.2, 0) is 6.42 Å². The van der Waals surface area contributed by atoms with Gasteiger partial charge >= 0.3 is 0 Å². The van der Waals surface area contributed by atoms with Crippen molar-refractivity contribution in [3.05, 3.63) is 36.1 Å². The lowest BCUT2D eigenvalue weighted by Crippen LogP contribution is -2.37. The molecule has 0 atom stereocenters. The Hall–Kier alpha value is -1.24. The van der Waals surface area contributed by atoms with Crippen molar-refractivity contribution < 1.29 is 4.42 Å². The minimum absolute atomic E-state index is 0. The lowest BCUT2D eigenvalue weighted by atomic mass is 10.2. The van der Waals surface area contributed by atoms with Gasteiger partial charge in [0.2, 0.25) is 0 Å². The van der Waals surface area contributed by atoms with E-state index in [1.54, 1.807) is 0 Å². The van der Waals surface area contributed by atoms with E-state index >= 15 is 0 Å². The Labute approximate surface area is 137 Å². The van der Waals surface area contributed by atoms with E-state index < -0.39 is 0 Å². The number of aliphatic imine (C=N–C) groups is 1. The average molecular weight is 387 g/mol. The summed E-state index contributed by atoms with van der Waals surface area (Å²) in [5.74, 6) is 1.57. The predicted octanol–water partition coefficient (Wildman–Crippen LogP) is 3.25. The number of para-hydroxylation sites is 1. The van der Waals surface area contributed by atoms with Crippen molar-refractivity contribution in [3.8, 4) is 0 Å². The van der Waals surface area contributed by atoms with E-state index in [0.29, 0.717) is 12.5 Å². The van der Waals surface area contributed by atoms with E-state index in [4.69, 9.17) is 10.2 Å². The van der Waals surface area contributed by atoms with E-state index in [-0.39, 0.29) is 24.0 Å². The van der Waals surface area contributed by atoms with E-state index in [1.807, 2.05) is 23.1 Å². The predicted molar refractivity (Wildman–Crippen MR) is 94.7 cm³/mol. The molecule has 0 spiro atoms. The molecular weight excluding hydrogens is 365 g/mol. The molecule has 0 bridgehead atoms. The Kier molecular flexibility index (Phi) is 6.84. The third kappa shape index (κ3) is 4.13. The van der Waals surface area contributed by atoms with Gasteiger partial charge in [-0.2, -0.15) is 0 Å². The summed E-state index contributed by atoms with van der Waals surface area (Å²) >= 11 is 0. The maximum atomic E-state index is 5.92. The van der Waals surface area contributed by atoms with E-state index in [0.717, 1.165) is 36.2 Å².